The summed E-state index contributed by atoms with van der Waals surface area (Å²) in [6, 6.07) is 23.2. The molecule has 3 aromatic carbocycles. The Morgan fingerprint density at radius 3 is 1.82 bits per heavy atom. The summed E-state index contributed by atoms with van der Waals surface area (Å²) in [5.41, 5.74) is 7.28. The molecule has 110 valence electrons. The topological polar surface area (TPSA) is 9.23 Å². The molecule has 0 N–H and O–H groups in total. The van der Waals surface area contributed by atoms with Crippen LogP contribution in [0.25, 0.3) is 22.3 Å². The van der Waals surface area contributed by atoms with Crippen LogP contribution in [-0.4, -0.2) is 7.11 Å². The number of rotatable bonds is 3. The summed E-state index contributed by atoms with van der Waals surface area (Å²) in [6.07, 6.45) is 0. The fraction of sp³-hybridized carbons (Fsp3) is 0.143. The van der Waals surface area contributed by atoms with Gasteiger partial charge in [0, 0.05) is 5.56 Å². The van der Waals surface area contributed by atoms with Crippen LogP contribution in [-0.2, 0) is 0 Å². The molecule has 3 rings (SSSR count). The summed E-state index contributed by atoms with van der Waals surface area (Å²) in [5.74, 6) is 0.961. The summed E-state index contributed by atoms with van der Waals surface area (Å²) in [4.78, 5) is 0. The molecular formula is C21H20O. The molecule has 0 unspecified atom stereocenters. The molecule has 0 saturated heterocycles. The van der Waals surface area contributed by atoms with E-state index < -0.39 is 0 Å². The number of ether oxygens (including phenoxy) is 1. The Kier molecular flexibility index (Phi) is 3.97. The summed E-state index contributed by atoms with van der Waals surface area (Å²) in [6.45, 7) is 4.28. The number of aryl methyl sites for hydroxylation is 1. The molecule has 0 aliphatic carbocycles. The zero-order valence-electron chi connectivity index (χ0n) is 13.3. The number of benzene rings is 3. The molecular weight excluding hydrogens is 268 g/mol. The first kappa shape index (κ1) is 14.4. The summed E-state index contributed by atoms with van der Waals surface area (Å²) < 4.78 is 5.70. The lowest BCUT2D eigenvalue weighted by atomic mass is 9.89. The van der Waals surface area contributed by atoms with Crippen LogP contribution < -0.4 is 4.74 Å². The molecule has 0 spiro atoms. The minimum atomic E-state index is 0.961. The van der Waals surface area contributed by atoms with E-state index in [1.54, 1.807) is 7.11 Å². The molecule has 0 radical (unpaired) electrons. The molecule has 3 aromatic rings. The Morgan fingerprint density at radius 1 is 0.727 bits per heavy atom. The normalized spacial score (nSPS) is 10.5. The Morgan fingerprint density at radius 2 is 1.27 bits per heavy atom. The van der Waals surface area contributed by atoms with Crippen molar-refractivity contribution in [3.63, 3.8) is 0 Å². The van der Waals surface area contributed by atoms with Gasteiger partial charge in [-0.05, 0) is 47.7 Å². The smallest absolute Gasteiger partial charge is 0.129 e. The second-order valence-corrected chi connectivity index (χ2v) is 5.51. The third kappa shape index (κ3) is 2.50. The number of hydrogen-bond acceptors (Lipinski definition) is 1. The highest BCUT2D eigenvalue weighted by molar-refractivity contribution is 5.84. The van der Waals surface area contributed by atoms with E-state index >= 15 is 0 Å². The van der Waals surface area contributed by atoms with E-state index in [9.17, 15) is 0 Å². The zero-order valence-corrected chi connectivity index (χ0v) is 13.3. The minimum absolute atomic E-state index is 0.961. The van der Waals surface area contributed by atoms with Crippen LogP contribution >= 0.6 is 0 Å². The zero-order chi connectivity index (χ0) is 15.5. The van der Waals surface area contributed by atoms with E-state index in [0.717, 1.165) is 11.3 Å². The molecule has 0 fully saturated rings. The van der Waals surface area contributed by atoms with Gasteiger partial charge in [0.15, 0.2) is 0 Å². The predicted molar refractivity (Wildman–Crippen MR) is 93.3 cm³/mol. The molecule has 0 saturated carbocycles. The van der Waals surface area contributed by atoms with Gasteiger partial charge in [-0.3, -0.25) is 0 Å². The van der Waals surface area contributed by atoms with E-state index in [2.05, 4.69) is 68.4 Å². The van der Waals surface area contributed by atoms with Gasteiger partial charge in [-0.15, -0.1) is 0 Å². The maximum atomic E-state index is 5.70. The van der Waals surface area contributed by atoms with Crippen LogP contribution in [0.15, 0.2) is 66.7 Å². The van der Waals surface area contributed by atoms with Gasteiger partial charge in [0.05, 0.1) is 7.11 Å². The number of hydrogen-bond donors (Lipinski definition) is 0. The quantitative estimate of drug-likeness (QED) is 0.605. The summed E-state index contributed by atoms with van der Waals surface area (Å²) >= 11 is 0. The summed E-state index contributed by atoms with van der Waals surface area (Å²) in [5, 5.41) is 0. The molecule has 0 aliphatic rings. The lowest BCUT2D eigenvalue weighted by Gasteiger charge is -2.18. The molecule has 0 bridgehead atoms. The molecule has 0 aromatic heterocycles. The standard InChI is InChI=1S/C21H20O/c1-15-14-19(17-10-6-4-7-11-17)16(2)20(21(15)22-3)18-12-8-5-9-13-18/h4-14H,1-3H3. The Bertz CT molecular complexity index is 774. The van der Waals surface area contributed by atoms with E-state index in [0.29, 0.717) is 0 Å². The lowest BCUT2D eigenvalue weighted by molar-refractivity contribution is 0.413. The van der Waals surface area contributed by atoms with Crippen molar-refractivity contribution in [2.24, 2.45) is 0 Å². The van der Waals surface area contributed by atoms with Crippen molar-refractivity contribution in [3.8, 4) is 28.0 Å². The fourth-order valence-electron chi connectivity index (χ4n) is 3.03. The van der Waals surface area contributed by atoms with Crippen LogP contribution in [0, 0.1) is 13.8 Å². The second-order valence-electron chi connectivity index (χ2n) is 5.51. The predicted octanol–water partition coefficient (Wildman–Crippen LogP) is 5.65. The van der Waals surface area contributed by atoms with Gasteiger partial charge in [-0.2, -0.15) is 0 Å². The first-order valence-electron chi connectivity index (χ1n) is 7.51. The monoisotopic (exact) mass is 288 g/mol. The van der Waals surface area contributed by atoms with Crippen molar-refractivity contribution >= 4 is 0 Å². The van der Waals surface area contributed by atoms with Crippen LogP contribution in [0.3, 0.4) is 0 Å². The molecule has 0 aliphatic heterocycles. The highest BCUT2D eigenvalue weighted by atomic mass is 16.5. The first-order chi connectivity index (χ1) is 10.7. The van der Waals surface area contributed by atoms with Crippen molar-refractivity contribution in [2.75, 3.05) is 7.11 Å². The molecule has 0 heterocycles. The highest BCUT2D eigenvalue weighted by Gasteiger charge is 2.16. The second kappa shape index (κ2) is 6.07. The molecule has 0 amide bonds. The van der Waals surface area contributed by atoms with E-state index in [1.807, 2.05) is 12.1 Å². The molecule has 1 nitrogen and oxygen atoms in total. The van der Waals surface area contributed by atoms with Crippen molar-refractivity contribution in [1.82, 2.24) is 0 Å². The fourth-order valence-corrected chi connectivity index (χ4v) is 3.03. The van der Waals surface area contributed by atoms with Crippen molar-refractivity contribution in [1.29, 1.82) is 0 Å². The van der Waals surface area contributed by atoms with Gasteiger partial charge >= 0.3 is 0 Å². The van der Waals surface area contributed by atoms with Crippen LogP contribution in [0.5, 0.6) is 5.75 Å². The largest absolute Gasteiger partial charge is 0.496 e. The van der Waals surface area contributed by atoms with E-state index in [1.165, 1.54) is 27.8 Å². The van der Waals surface area contributed by atoms with E-state index in [4.69, 9.17) is 4.74 Å². The molecule has 22 heavy (non-hydrogen) atoms. The van der Waals surface area contributed by atoms with Crippen LogP contribution in [0.2, 0.25) is 0 Å². The van der Waals surface area contributed by atoms with Crippen LogP contribution in [0.1, 0.15) is 11.1 Å². The highest BCUT2D eigenvalue weighted by Crippen LogP contribution is 2.41. The SMILES string of the molecule is COc1c(C)cc(-c2ccccc2)c(C)c1-c1ccccc1. The minimum Gasteiger partial charge on any atom is -0.496 e. The lowest BCUT2D eigenvalue weighted by Crippen LogP contribution is -1.97. The summed E-state index contributed by atoms with van der Waals surface area (Å²) in [7, 11) is 1.75. The van der Waals surface area contributed by atoms with Gasteiger partial charge in [0.1, 0.15) is 5.75 Å². The Labute approximate surface area is 132 Å². The average Bonchev–Trinajstić information content (AvgIpc) is 2.57. The van der Waals surface area contributed by atoms with Gasteiger partial charge < -0.3 is 4.74 Å². The van der Waals surface area contributed by atoms with Crippen molar-refractivity contribution in [2.45, 2.75) is 13.8 Å². The number of methoxy groups -OCH3 is 1. The Balaban J connectivity index is 2.30. The third-order valence-electron chi connectivity index (χ3n) is 4.08. The van der Waals surface area contributed by atoms with Crippen LogP contribution in [0.4, 0.5) is 0 Å². The van der Waals surface area contributed by atoms with Gasteiger partial charge in [0.25, 0.3) is 0 Å². The van der Waals surface area contributed by atoms with Crippen molar-refractivity contribution < 1.29 is 4.74 Å². The Hall–Kier alpha value is -2.54. The average molecular weight is 288 g/mol. The molecule has 0 atom stereocenters. The molecule has 1 heteroatoms. The third-order valence-corrected chi connectivity index (χ3v) is 4.08. The van der Waals surface area contributed by atoms with Gasteiger partial charge in [-0.25, -0.2) is 0 Å². The van der Waals surface area contributed by atoms with Crippen molar-refractivity contribution in [3.05, 3.63) is 77.9 Å². The van der Waals surface area contributed by atoms with Gasteiger partial charge in [0.2, 0.25) is 0 Å². The van der Waals surface area contributed by atoms with Gasteiger partial charge in [-0.1, -0.05) is 60.7 Å². The maximum absolute atomic E-state index is 5.70. The maximum Gasteiger partial charge on any atom is 0.129 e. The van der Waals surface area contributed by atoms with E-state index in [-0.39, 0.29) is 0 Å². The first-order valence-corrected chi connectivity index (χ1v) is 7.51.